The van der Waals surface area contributed by atoms with Gasteiger partial charge in [0, 0.05) is 0 Å². The number of hydrogen-bond acceptors (Lipinski definition) is 4. The van der Waals surface area contributed by atoms with Crippen LogP contribution in [0.3, 0.4) is 0 Å². The third kappa shape index (κ3) is 9.28. The summed E-state index contributed by atoms with van der Waals surface area (Å²) in [6.45, 7) is 3.72. The van der Waals surface area contributed by atoms with Crippen LogP contribution in [0.25, 0.3) is 0 Å². The molecule has 5 heteroatoms. The Labute approximate surface area is 142 Å². The Morgan fingerprint density at radius 3 is 1.43 bits per heavy atom. The predicted octanol–water partition coefficient (Wildman–Crippen LogP) is 3.49. The Morgan fingerprint density at radius 1 is 0.783 bits per heavy atom. The molecule has 0 heterocycles. The summed E-state index contributed by atoms with van der Waals surface area (Å²) in [4.78, 5) is 11.3. The van der Waals surface area contributed by atoms with Gasteiger partial charge < -0.3 is 22.3 Å². The zero-order valence-corrected chi connectivity index (χ0v) is 15.3. The molecule has 0 aliphatic heterocycles. The maximum atomic E-state index is 11.3. The number of carboxylic acid groups (broad SMARTS) is 1. The van der Waals surface area contributed by atoms with Crippen molar-refractivity contribution in [3.8, 4) is 0 Å². The average molecular weight is 330 g/mol. The summed E-state index contributed by atoms with van der Waals surface area (Å²) >= 11 is 0. The molecule has 0 radical (unpaired) electrons. The molecule has 0 saturated heterocycles. The maximum Gasteiger partial charge on any atom is 0.327 e. The summed E-state index contributed by atoms with van der Waals surface area (Å²) in [6.07, 6.45) is 15.1. The molecule has 138 valence electrons. The van der Waals surface area contributed by atoms with Crippen LogP contribution in [-0.4, -0.2) is 22.3 Å². The number of unbranched alkanes of at least 4 members (excludes halogenated alkanes) is 11. The minimum atomic E-state index is -1.55. The lowest BCUT2D eigenvalue weighted by Gasteiger charge is -2.37. The molecule has 1 atom stereocenters. The van der Waals surface area contributed by atoms with Crippen molar-refractivity contribution in [2.75, 3.05) is 0 Å². The SMILES string of the molecule is CCCCCCCCCCCCCCC(N)(C(=O)O)C(C)(N)N. The van der Waals surface area contributed by atoms with Crippen molar-refractivity contribution in [3.05, 3.63) is 0 Å². The molecule has 1 unspecified atom stereocenters. The fourth-order valence-electron chi connectivity index (χ4n) is 2.85. The van der Waals surface area contributed by atoms with E-state index in [1.807, 2.05) is 0 Å². The third-order valence-corrected chi connectivity index (χ3v) is 4.77. The normalized spacial score (nSPS) is 14.7. The van der Waals surface area contributed by atoms with Crippen LogP contribution in [0.1, 0.15) is 97.3 Å². The highest BCUT2D eigenvalue weighted by atomic mass is 16.4. The number of carbonyl (C=O) groups is 1. The highest BCUT2D eigenvalue weighted by molar-refractivity contribution is 5.80. The molecule has 0 aliphatic rings. The largest absolute Gasteiger partial charge is 0.480 e. The van der Waals surface area contributed by atoms with Crippen molar-refractivity contribution < 1.29 is 9.90 Å². The van der Waals surface area contributed by atoms with E-state index >= 15 is 0 Å². The van der Waals surface area contributed by atoms with Crippen molar-refractivity contribution >= 4 is 5.97 Å². The zero-order chi connectivity index (χ0) is 17.8. The average Bonchev–Trinajstić information content (AvgIpc) is 2.46. The molecular weight excluding hydrogens is 290 g/mol. The lowest BCUT2D eigenvalue weighted by molar-refractivity contribution is -0.146. The van der Waals surface area contributed by atoms with Crippen LogP contribution < -0.4 is 17.2 Å². The molecule has 0 aromatic heterocycles. The molecule has 7 N–H and O–H groups in total. The summed E-state index contributed by atoms with van der Waals surface area (Å²) in [5.74, 6) is -1.12. The van der Waals surface area contributed by atoms with Crippen molar-refractivity contribution in [1.82, 2.24) is 0 Å². The highest BCUT2D eigenvalue weighted by Gasteiger charge is 2.46. The van der Waals surface area contributed by atoms with Crippen molar-refractivity contribution in [3.63, 3.8) is 0 Å². The van der Waals surface area contributed by atoms with Gasteiger partial charge in [-0.1, -0.05) is 84.0 Å². The number of rotatable bonds is 15. The van der Waals surface area contributed by atoms with Crippen LogP contribution in [0.2, 0.25) is 0 Å². The Morgan fingerprint density at radius 2 is 1.13 bits per heavy atom. The van der Waals surface area contributed by atoms with Gasteiger partial charge in [0.2, 0.25) is 0 Å². The predicted molar refractivity (Wildman–Crippen MR) is 97.0 cm³/mol. The molecule has 0 aromatic rings. The van der Waals surface area contributed by atoms with Crippen LogP contribution in [0.5, 0.6) is 0 Å². The molecular formula is C18H39N3O2. The number of nitrogens with two attached hydrogens (primary N) is 3. The standard InChI is InChI=1S/C18H39N3O2/c1-3-4-5-6-7-8-9-10-11-12-13-14-15-18(21,16(22)23)17(2,19)20/h3-15,19-21H2,1-2H3,(H,22,23). The van der Waals surface area contributed by atoms with E-state index in [-0.39, 0.29) is 0 Å². The summed E-state index contributed by atoms with van der Waals surface area (Å²) in [7, 11) is 0. The topological polar surface area (TPSA) is 115 Å². The first-order valence-corrected chi connectivity index (χ1v) is 9.35. The molecule has 0 aromatic carbocycles. The van der Waals surface area contributed by atoms with E-state index in [4.69, 9.17) is 17.2 Å². The van der Waals surface area contributed by atoms with E-state index in [1.54, 1.807) is 0 Å². The van der Waals surface area contributed by atoms with Gasteiger partial charge in [0.1, 0.15) is 5.54 Å². The van der Waals surface area contributed by atoms with E-state index in [1.165, 1.54) is 64.7 Å². The Hall–Kier alpha value is -0.650. The maximum absolute atomic E-state index is 11.3. The van der Waals surface area contributed by atoms with Crippen LogP contribution >= 0.6 is 0 Å². The van der Waals surface area contributed by atoms with E-state index in [0.29, 0.717) is 6.42 Å². The molecule has 0 amide bonds. The van der Waals surface area contributed by atoms with E-state index in [0.717, 1.165) is 19.3 Å². The molecule has 0 aliphatic carbocycles. The quantitative estimate of drug-likeness (QED) is 0.271. The van der Waals surface area contributed by atoms with Gasteiger partial charge in [-0.3, -0.25) is 4.79 Å². The van der Waals surface area contributed by atoms with Crippen molar-refractivity contribution in [2.45, 2.75) is 109 Å². The third-order valence-electron chi connectivity index (χ3n) is 4.77. The molecule has 5 nitrogen and oxygen atoms in total. The molecule has 0 spiro atoms. The minimum Gasteiger partial charge on any atom is -0.480 e. The van der Waals surface area contributed by atoms with Crippen molar-refractivity contribution in [2.24, 2.45) is 17.2 Å². The van der Waals surface area contributed by atoms with Gasteiger partial charge in [-0.15, -0.1) is 0 Å². The Kier molecular flexibility index (Phi) is 11.5. The monoisotopic (exact) mass is 329 g/mol. The first-order valence-electron chi connectivity index (χ1n) is 9.35. The van der Waals surface area contributed by atoms with Gasteiger partial charge in [0.25, 0.3) is 0 Å². The van der Waals surface area contributed by atoms with Crippen LogP contribution in [-0.2, 0) is 4.79 Å². The Bertz CT molecular complexity index is 316. The smallest absolute Gasteiger partial charge is 0.327 e. The molecule has 0 fully saturated rings. The minimum absolute atomic E-state index is 0.323. The lowest BCUT2D eigenvalue weighted by atomic mass is 9.82. The van der Waals surface area contributed by atoms with Gasteiger partial charge in [-0.05, 0) is 13.3 Å². The number of hydrogen-bond donors (Lipinski definition) is 4. The molecule has 0 bridgehead atoms. The molecule has 0 saturated carbocycles. The summed E-state index contributed by atoms with van der Waals surface area (Å²) < 4.78 is 0. The number of carboxylic acids is 1. The first-order chi connectivity index (χ1) is 10.8. The van der Waals surface area contributed by atoms with Crippen LogP contribution in [0.15, 0.2) is 0 Å². The second-order valence-electron chi connectivity index (χ2n) is 7.20. The van der Waals surface area contributed by atoms with Crippen LogP contribution in [0, 0.1) is 0 Å². The summed E-state index contributed by atoms with van der Waals surface area (Å²) in [5, 5.41) is 9.26. The lowest BCUT2D eigenvalue weighted by Crippen LogP contribution is -2.73. The van der Waals surface area contributed by atoms with Crippen molar-refractivity contribution in [1.29, 1.82) is 0 Å². The van der Waals surface area contributed by atoms with Gasteiger partial charge in [-0.2, -0.15) is 0 Å². The highest BCUT2D eigenvalue weighted by Crippen LogP contribution is 2.21. The fraction of sp³-hybridized carbons (Fsp3) is 0.944. The van der Waals surface area contributed by atoms with Gasteiger partial charge in [-0.25, -0.2) is 0 Å². The second kappa shape index (κ2) is 11.8. The van der Waals surface area contributed by atoms with E-state index < -0.39 is 17.2 Å². The molecule has 0 rings (SSSR count). The van der Waals surface area contributed by atoms with E-state index in [9.17, 15) is 9.90 Å². The van der Waals surface area contributed by atoms with Gasteiger partial charge in [0.15, 0.2) is 0 Å². The summed E-state index contributed by atoms with van der Waals surface area (Å²) in [5.41, 5.74) is 14.4. The zero-order valence-electron chi connectivity index (χ0n) is 15.3. The molecule has 23 heavy (non-hydrogen) atoms. The summed E-state index contributed by atoms with van der Waals surface area (Å²) in [6, 6.07) is 0. The van der Waals surface area contributed by atoms with Gasteiger partial charge in [0.05, 0.1) is 5.66 Å². The van der Waals surface area contributed by atoms with E-state index in [2.05, 4.69) is 6.92 Å². The fourth-order valence-corrected chi connectivity index (χ4v) is 2.85. The van der Waals surface area contributed by atoms with Gasteiger partial charge >= 0.3 is 5.97 Å². The second-order valence-corrected chi connectivity index (χ2v) is 7.20. The Balaban J connectivity index is 3.60. The number of aliphatic carboxylic acids is 1. The first kappa shape index (κ1) is 22.4. The van der Waals surface area contributed by atoms with Crippen LogP contribution in [0.4, 0.5) is 0 Å².